The maximum absolute atomic E-state index is 14.0. The number of nitrogens with one attached hydrogen (secondary N) is 2. The molecule has 3 aromatic heterocycles. The molecule has 0 aliphatic carbocycles. The second kappa shape index (κ2) is 10.5. The van der Waals surface area contributed by atoms with Gasteiger partial charge in [0, 0.05) is 40.4 Å². The number of sulfonamides is 1. The molecule has 13 heteroatoms. The van der Waals surface area contributed by atoms with Crippen LogP contribution in [0.4, 0.5) is 20.2 Å². The summed E-state index contributed by atoms with van der Waals surface area (Å²) in [5, 5.41) is 2.88. The van der Waals surface area contributed by atoms with E-state index in [1.807, 2.05) is 0 Å². The Morgan fingerprint density at radius 3 is 2.51 bits per heavy atom. The fourth-order valence-corrected chi connectivity index (χ4v) is 4.24. The molecule has 0 radical (unpaired) electrons. The van der Waals surface area contributed by atoms with Crippen molar-refractivity contribution in [1.82, 2.24) is 14.5 Å². The van der Waals surface area contributed by atoms with E-state index in [2.05, 4.69) is 20.0 Å². The topological polar surface area (TPSA) is 115 Å². The number of hydrogen-bond acceptors (Lipinski definition) is 6. The Bertz CT molecular complexity index is 1590. The van der Waals surface area contributed by atoms with Gasteiger partial charge in [-0.25, -0.2) is 22.2 Å². The van der Waals surface area contributed by atoms with Gasteiger partial charge in [0.1, 0.15) is 18.2 Å². The third-order valence-electron chi connectivity index (χ3n) is 4.92. The average Bonchev–Trinajstić information content (AvgIpc) is 3.18. The van der Waals surface area contributed by atoms with Gasteiger partial charge in [0.25, 0.3) is 5.91 Å². The van der Waals surface area contributed by atoms with E-state index in [0.29, 0.717) is 11.3 Å². The minimum atomic E-state index is -3.55. The summed E-state index contributed by atoms with van der Waals surface area (Å²) in [6, 6.07) is 8.25. The third kappa shape index (κ3) is 6.80. The van der Waals surface area contributed by atoms with Gasteiger partial charge in [-0.1, -0.05) is 11.6 Å². The van der Waals surface area contributed by atoms with Gasteiger partial charge in [0.15, 0.2) is 11.6 Å². The third-order valence-corrected chi connectivity index (χ3v) is 5.74. The van der Waals surface area contributed by atoms with E-state index in [-0.39, 0.29) is 40.1 Å². The quantitative estimate of drug-likeness (QED) is 0.330. The van der Waals surface area contributed by atoms with Crippen molar-refractivity contribution in [2.24, 2.45) is 0 Å². The van der Waals surface area contributed by atoms with Crippen molar-refractivity contribution in [2.45, 2.75) is 13.5 Å². The SMILES string of the molecule is Cc1cc(C(=O)Nc2cc(Cl)cc(NS(C)(=O)=O)c2)cn1-c1ncc(F)cc1OCc1cncc(F)c1. The largest absolute Gasteiger partial charge is 0.485 e. The van der Waals surface area contributed by atoms with E-state index >= 15 is 0 Å². The van der Waals surface area contributed by atoms with Gasteiger partial charge in [0.2, 0.25) is 10.0 Å². The molecule has 0 fully saturated rings. The Hall–Kier alpha value is -4.03. The summed E-state index contributed by atoms with van der Waals surface area (Å²) in [6.45, 7) is 1.63. The summed E-state index contributed by atoms with van der Waals surface area (Å²) in [6.07, 6.45) is 5.97. The minimum Gasteiger partial charge on any atom is -0.485 e. The van der Waals surface area contributed by atoms with Crippen LogP contribution >= 0.6 is 11.6 Å². The molecule has 2 N–H and O–H groups in total. The molecule has 0 bridgehead atoms. The number of carbonyl (C=O) groups is 1. The standard InChI is InChI=1S/C24H20ClF2N5O4S/c1-14-3-16(24(33)30-20-5-17(25)6-21(8-20)31-37(2,34)35)12-32(14)23-22(7-19(27)11-29-23)36-13-15-4-18(26)10-28-9-15/h3-12,31H,13H2,1-2H3,(H,30,33). The Balaban J connectivity index is 1.58. The maximum atomic E-state index is 14.0. The summed E-state index contributed by atoms with van der Waals surface area (Å²) in [5.41, 5.74) is 1.71. The van der Waals surface area contributed by atoms with Crippen molar-refractivity contribution in [2.75, 3.05) is 16.3 Å². The second-order valence-electron chi connectivity index (χ2n) is 8.07. The van der Waals surface area contributed by atoms with Crippen LogP contribution in [0.25, 0.3) is 5.82 Å². The van der Waals surface area contributed by atoms with Gasteiger partial charge in [0.05, 0.1) is 29.9 Å². The van der Waals surface area contributed by atoms with Crippen molar-refractivity contribution in [3.8, 4) is 11.6 Å². The molecule has 0 aliphatic rings. The minimum absolute atomic E-state index is 0.0706. The molecule has 0 aliphatic heterocycles. The highest BCUT2D eigenvalue weighted by molar-refractivity contribution is 7.92. The lowest BCUT2D eigenvalue weighted by Crippen LogP contribution is -2.13. The van der Waals surface area contributed by atoms with Crippen LogP contribution in [0.1, 0.15) is 21.6 Å². The molecule has 0 saturated carbocycles. The summed E-state index contributed by atoms with van der Waals surface area (Å²) in [7, 11) is -3.55. The van der Waals surface area contributed by atoms with Crippen LogP contribution < -0.4 is 14.8 Å². The number of aromatic nitrogens is 3. The Morgan fingerprint density at radius 1 is 1.05 bits per heavy atom. The number of rotatable bonds is 8. The zero-order chi connectivity index (χ0) is 26.7. The molecule has 1 aromatic carbocycles. The number of pyridine rings is 2. The zero-order valence-electron chi connectivity index (χ0n) is 19.5. The van der Waals surface area contributed by atoms with Crippen molar-refractivity contribution in [1.29, 1.82) is 0 Å². The summed E-state index contributed by atoms with van der Waals surface area (Å²) in [5.74, 6) is -1.40. The van der Waals surface area contributed by atoms with Crippen LogP contribution in [0.5, 0.6) is 5.75 Å². The van der Waals surface area contributed by atoms with E-state index in [1.165, 1.54) is 36.7 Å². The first kappa shape index (κ1) is 26.0. The molecule has 9 nitrogen and oxygen atoms in total. The number of carbonyl (C=O) groups excluding carboxylic acids is 1. The van der Waals surface area contributed by atoms with Gasteiger partial charge in [-0.05, 0) is 37.3 Å². The smallest absolute Gasteiger partial charge is 0.257 e. The van der Waals surface area contributed by atoms with Gasteiger partial charge >= 0.3 is 0 Å². The number of aryl methyl sites for hydroxylation is 1. The van der Waals surface area contributed by atoms with Crippen LogP contribution in [0.3, 0.4) is 0 Å². The molecule has 37 heavy (non-hydrogen) atoms. The van der Waals surface area contributed by atoms with E-state index in [1.54, 1.807) is 17.6 Å². The van der Waals surface area contributed by atoms with E-state index < -0.39 is 27.6 Å². The number of nitrogens with zero attached hydrogens (tertiary/aromatic N) is 3. The van der Waals surface area contributed by atoms with E-state index in [9.17, 15) is 22.0 Å². The second-order valence-corrected chi connectivity index (χ2v) is 10.3. The molecule has 0 spiro atoms. The lowest BCUT2D eigenvalue weighted by molar-refractivity contribution is 0.102. The molecule has 0 atom stereocenters. The molecule has 3 heterocycles. The number of ether oxygens (including phenoxy) is 1. The van der Waals surface area contributed by atoms with E-state index in [4.69, 9.17) is 16.3 Å². The monoisotopic (exact) mass is 547 g/mol. The molecule has 0 unspecified atom stereocenters. The first-order chi connectivity index (χ1) is 17.5. The number of hydrogen-bond donors (Lipinski definition) is 2. The zero-order valence-corrected chi connectivity index (χ0v) is 21.1. The van der Waals surface area contributed by atoms with Crippen molar-refractivity contribution >= 4 is 38.9 Å². The van der Waals surface area contributed by atoms with Crippen LogP contribution in [0.15, 0.2) is 61.2 Å². The van der Waals surface area contributed by atoms with E-state index in [0.717, 1.165) is 24.7 Å². The molecular weight excluding hydrogens is 528 g/mol. The number of anilines is 2. The summed E-state index contributed by atoms with van der Waals surface area (Å²) in [4.78, 5) is 20.8. The normalized spacial score (nSPS) is 11.3. The lowest BCUT2D eigenvalue weighted by atomic mass is 10.2. The highest BCUT2D eigenvalue weighted by Gasteiger charge is 2.17. The Kier molecular flexibility index (Phi) is 7.41. The number of benzene rings is 1. The molecule has 192 valence electrons. The molecule has 4 aromatic rings. The lowest BCUT2D eigenvalue weighted by Gasteiger charge is -2.13. The van der Waals surface area contributed by atoms with Crippen molar-refractivity contribution in [3.63, 3.8) is 0 Å². The van der Waals surface area contributed by atoms with Gasteiger partial charge in [-0.3, -0.25) is 14.5 Å². The molecule has 4 rings (SSSR count). The first-order valence-corrected chi connectivity index (χ1v) is 12.9. The van der Waals surface area contributed by atoms with Crippen LogP contribution in [0.2, 0.25) is 5.02 Å². The fourth-order valence-electron chi connectivity index (χ4n) is 3.46. The molecule has 0 saturated heterocycles. The predicted molar refractivity (Wildman–Crippen MR) is 135 cm³/mol. The number of halogens is 3. The van der Waals surface area contributed by atoms with Crippen LogP contribution in [0, 0.1) is 18.6 Å². The first-order valence-electron chi connectivity index (χ1n) is 10.6. The Morgan fingerprint density at radius 2 is 1.78 bits per heavy atom. The predicted octanol–water partition coefficient (Wildman–Crippen LogP) is 4.71. The van der Waals surface area contributed by atoms with Gasteiger partial charge < -0.3 is 14.6 Å². The summed E-state index contributed by atoms with van der Waals surface area (Å²) < 4.78 is 60.0. The molecular formula is C24H20ClF2N5O4S. The van der Waals surface area contributed by atoms with Crippen molar-refractivity contribution < 1.29 is 26.7 Å². The van der Waals surface area contributed by atoms with Gasteiger partial charge in [-0.2, -0.15) is 0 Å². The summed E-state index contributed by atoms with van der Waals surface area (Å²) >= 11 is 6.06. The number of amides is 1. The van der Waals surface area contributed by atoms with Crippen LogP contribution in [-0.2, 0) is 16.6 Å². The highest BCUT2D eigenvalue weighted by atomic mass is 35.5. The van der Waals surface area contributed by atoms with Crippen molar-refractivity contribution in [3.05, 3.63) is 94.7 Å². The van der Waals surface area contributed by atoms with Gasteiger partial charge in [-0.15, -0.1) is 0 Å². The maximum Gasteiger partial charge on any atom is 0.257 e. The Labute approximate surface area is 216 Å². The fraction of sp³-hybridized carbons (Fsp3) is 0.125. The molecule has 1 amide bonds. The highest BCUT2D eigenvalue weighted by Crippen LogP contribution is 2.27. The average molecular weight is 548 g/mol. The van der Waals surface area contributed by atoms with Crippen LogP contribution in [-0.4, -0.2) is 35.1 Å².